The number of halogens is 1. The van der Waals surface area contributed by atoms with Gasteiger partial charge in [0, 0.05) is 10.8 Å². The molecular weight excluding hydrogens is 272 g/mol. The molecule has 20 heavy (non-hydrogen) atoms. The Morgan fingerprint density at radius 3 is 2.50 bits per heavy atom. The van der Waals surface area contributed by atoms with Gasteiger partial charge in [-0.25, -0.2) is 0 Å². The molecule has 0 fully saturated rings. The zero-order valence-electron chi connectivity index (χ0n) is 11.2. The fraction of sp³-hybridized carbons (Fsp3) is 0.125. The third-order valence-electron chi connectivity index (χ3n) is 3.13. The molecule has 3 rings (SSSR count). The minimum Gasteiger partial charge on any atom is -0.435 e. The van der Waals surface area contributed by atoms with Gasteiger partial charge in [-0.1, -0.05) is 35.9 Å². The molecular formula is C16H13ClN2O. The highest BCUT2D eigenvalue weighted by Crippen LogP contribution is 2.33. The predicted octanol–water partition coefficient (Wildman–Crippen LogP) is 4.69. The second kappa shape index (κ2) is 5.10. The van der Waals surface area contributed by atoms with Crippen molar-refractivity contribution in [2.24, 2.45) is 0 Å². The molecule has 1 aromatic heterocycles. The van der Waals surface area contributed by atoms with Crippen LogP contribution in [0.5, 0.6) is 11.6 Å². The highest BCUT2D eigenvalue weighted by atomic mass is 35.5. The van der Waals surface area contributed by atoms with Crippen molar-refractivity contribution in [1.82, 2.24) is 10.2 Å². The maximum absolute atomic E-state index is 6.16. The molecule has 0 aliphatic heterocycles. The van der Waals surface area contributed by atoms with E-state index in [-0.39, 0.29) is 0 Å². The van der Waals surface area contributed by atoms with E-state index in [1.165, 1.54) is 0 Å². The topological polar surface area (TPSA) is 35.0 Å². The number of hydrogen-bond acceptors (Lipinski definition) is 3. The third kappa shape index (κ3) is 2.32. The summed E-state index contributed by atoms with van der Waals surface area (Å²) in [5.41, 5.74) is 1.96. The van der Waals surface area contributed by atoms with Crippen molar-refractivity contribution < 1.29 is 4.74 Å². The molecule has 0 aliphatic rings. The molecule has 4 heteroatoms. The lowest BCUT2D eigenvalue weighted by atomic mass is 10.1. The summed E-state index contributed by atoms with van der Waals surface area (Å²) in [5.74, 6) is 1.06. The van der Waals surface area contributed by atoms with E-state index in [1.54, 1.807) is 0 Å². The van der Waals surface area contributed by atoms with Gasteiger partial charge in [0.05, 0.1) is 10.7 Å². The van der Waals surface area contributed by atoms with E-state index in [9.17, 15) is 0 Å². The number of benzene rings is 2. The SMILES string of the molecule is Cc1ccc(Cl)c(Oc2nnc(C)c3ccccc23)c1. The van der Waals surface area contributed by atoms with E-state index in [1.807, 2.05) is 56.3 Å². The summed E-state index contributed by atoms with van der Waals surface area (Å²) in [7, 11) is 0. The Morgan fingerprint density at radius 1 is 0.950 bits per heavy atom. The van der Waals surface area contributed by atoms with Gasteiger partial charge in [0.25, 0.3) is 0 Å². The van der Waals surface area contributed by atoms with Crippen LogP contribution < -0.4 is 4.74 Å². The zero-order chi connectivity index (χ0) is 14.1. The maximum atomic E-state index is 6.16. The highest BCUT2D eigenvalue weighted by Gasteiger charge is 2.10. The Bertz CT molecular complexity index is 787. The summed E-state index contributed by atoms with van der Waals surface area (Å²) in [6, 6.07) is 13.5. The molecule has 0 spiro atoms. The number of hydrogen-bond donors (Lipinski definition) is 0. The Morgan fingerprint density at radius 2 is 1.70 bits per heavy atom. The van der Waals surface area contributed by atoms with Gasteiger partial charge in [0.1, 0.15) is 5.75 Å². The summed E-state index contributed by atoms with van der Waals surface area (Å²) >= 11 is 6.16. The van der Waals surface area contributed by atoms with Crippen LogP contribution in [0.3, 0.4) is 0 Å². The molecule has 100 valence electrons. The summed E-state index contributed by atoms with van der Waals surface area (Å²) in [4.78, 5) is 0. The zero-order valence-corrected chi connectivity index (χ0v) is 12.0. The summed E-state index contributed by atoms with van der Waals surface area (Å²) in [6.45, 7) is 3.92. The van der Waals surface area contributed by atoms with Crippen molar-refractivity contribution in [1.29, 1.82) is 0 Å². The van der Waals surface area contributed by atoms with E-state index in [2.05, 4.69) is 10.2 Å². The number of fused-ring (bicyclic) bond motifs is 1. The van der Waals surface area contributed by atoms with Gasteiger partial charge in [0.2, 0.25) is 5.88 Å². The lowest BCUT2D eigenvalue weighted by Crippen LogP contribution is -1.95. The molecule has 0 N–H and O–H groups in total. The van der Waals surface area contributed by atoms with Crippen LogP contribution in [-0.2, 0) is 0 Å². The van der Waals surface area contributed by atoms with Crippen molar-refractivity contribution in [3.05, 3.63) is 58.7 Å². The van der Waals surface area contributed by atoms with Crippen LogP contribution in [0.4, 0.5) is 0 Å². The standard InChI is InChI=1S/C16H13ClN2O/c1-10-7-8-14(17)15(9-10)20-16-13-6-4-3-5-12(13)11(2)18-19-16/h3-9H,1-2H3. The maximum Gasteiger partial charge on any atom is 0.246 e. The van der Waals surface area contributed by atoms with Crippen LogP contribution in [0.2, 0.25) is 5.02 Å². The molecule has 2 aromatic carbocycles. The fourth-order valence-corrected chi connectivity index (χ4v) is 2.24. The molecule has 0 unspecified atom stereocenters. The van der Waals surface area contributed by atoms with Crippen LogP contribution >= 0.6 is 11.6 Å². The summed E-state index contributed by atoms with van der Waals surface area (Å²) < 4.78 is 5.85. The molecule has 0 saturated carbocycles. The molecule has 0 aliphatic carbocycles. The van der Waals surface area contributed by atoms with Gasteiger partial charge >= 0.3 is 0 Å². The van der Waals surface area contributed by atoms with Crippen LogP contribution in [0, 0.1) is 13.8 Å². The van der Waals surface area contributed by atoms with Gasteiger partial charge in [0.15, 0.2) is 0 Å². The minimum absolute atomic E-state index is 0.471. The number of ether oxygens (including phenoxy) is 1. The first kappa shape index (κ1) is 12.9. The number of nitrogens with zero attached hydrogens (tertiary/aromatic N) is 2. The van der Waals surface area contributed by atoms with Crippen molar-refractivity contribution in [3.63, 3.8) is 0 Å². The Hall–Kier alpha value is -2.13. The number of rotatable bonds is 2. The summed E-state index contributed by atoms with van der Waals surface area (Å²) in [5, 5.41) is 10.8. The lowest BCUT2D eigenvalue weighted by molar-refractivity contribution is 0.461. The van der Waals surface area contributed by atoms with Gasteiger partial charge in [-0.3, -0.25) is 0 Å². The molecule has 3 aromatic rings. The Balaban J connectivity index is 2.11. The molecule has 0 radical (unpaired) electrons. The summed E-state index contributed by atoms with van der Waals surface area (Å²) in [6.07, 6.45) is 0. The van der Waals surface area contributed by atoms with E-state index in [0.29, 0.717) is 16.7 Å². The number of aryl methyl sites for hydroxylation is 2. The molecule has 3 nitrogen and oxygen atoms in total. The first-order valence-corrected chi connectivity index (χ1v) is 6.69. The van der Waals surface area contributed by atoms with E-state index in [4.69, 9.17) is 16.3 Å². The van der Waals surface area contributed by atoms with Crippen molar-refractivity contribution in [2.45, 2.75) is 13.8 Å². The molecule has 0 bridgehead atoms. The van der Waals surface area contributed by atoms with Crippen molar-refractivity contribution in [3.8, 4) is 11.6 Å². The monoisotopic (exact) mass is 284 g/mol. The van der Waals surface area contributed by atoms with Crippen LogP contribution in [0.15, 0.2) is 42.5 Å². The van der Waals surface area contributed by atoms with Crippen LogP contribution in [-0.4, -0.2) is 10.2 Å². The second-order valence-electron chi connectivity index (χ2n) is 4.67. The normalized spacial score (nSPS) is 10.8. The second-order valence-corrected chi connectivity index (χ2v) is 5.08. The van der Waals surface area contributed by atoms with Crippen LogP contribution in [0.1, 0.15) is 11.3 Å². The Labute approximate surface area is 122 Å². The highest BCUT2D eigenvalue weighted by molar-refractivity contribution is 6.32. The predicted molar refractivity (Wildman–Crippen MR) is 80.5 cm³/mol. The average Bonchev–Trinajstić information content (AvgIpc) is 2.46. The van der Waals surface area contributed by atoms with Crippen LogP contribution in [0.25, 0.3) is 10.8 Å². The van der Waals surface area contributed by atoms with Gasteiger partial charge in [-0.05, 0) is 37.6 Å². The van der Waals surface area contributed by atoms with Crippen molar-refractivity contribution >= 4 is 22.4 Å². The first-order chi connectivity index (χ1) is 9.65. The minimum atomic E-state index is 0.471. The Kier molecular flexibility index (Phi) is 3.28. The van der Waals surface area contributed by atoms with E-state index < -0.39 is 0 Å². The molecule has 0 amide bonds. The quantitative estimate of drug-likeness (QED) is 0.684. The van der Waals surface area contributed by atoms with E-state index >= 15 is 0 Å². The fourth-order valence-electron chi connectivity index (χ4n) is 2.08. The third-order valence-corrected chi connectivity index (χ3v) is 3.44. The lowest BCUT2D eigenvalue weighted by Gasteiger charge is -2.10. The molecule has 0 saturated heterocycles. The smallest absolute Gasteiger partial charge is 0.246 e. The number of aromatic nitrogens is 2. The van der Waals surface area contributed by atoms with Gasteiger partial charge in [-0.2, -0.15) is 5.10 Å². The van der Waals surface area contributed by atoms with Gasteiger partial charge in [-0.15, -0.1) is 5.10 Å². The molecule has 1 heterocycles. The van der Waals surface area contributed by atoms with Crippen molar-refractivity contribution in [2.75, 3.05) is 0 Å². The van der Waals surface area contributed by atoms with E-state index in [0.717, 1.165) is 22.0 Å². The molecule has 0 atom stereocenters. The average molecular weight is 285 g/mol. The largest absolute Gasteiger partial charge is 0.435 e. The van der Waals surface area contributed by atoms with Gasteiger partial charge < -0.3 is 4.74 Å². The first-order valence-electron chi connectivity index (χ1n) is 6.31.